The topological polar surface area (TPSA) is 32.3 Å². The van der Waals surface area contributed by atoms with Gasteiger partial charge in [-0.05, 0) is 58.2 Å². The quantitative estimate of drug-likeness (QED) is 0.758. The zero-order valence-electron chi connectivity index (χ0n) is 10.8. The van der Waals surface area contributed by atoms with Gasteiger partial charge in [0.15, 0.2) is 0 Å². The van der Waals surface area contributed by atoms with E-state index in [2.05, 4.69) is 29.4 Å². The number of allylic oxidation sites excluding steroid dienone is 1. The Balaban J connectivity index is 1.69. The average Bonchev–Trinajstić information content (AvgIpc) is 2.38. The molecule has 1 unspecified atom stereocenters. The Hall–Kier alpha value is -0.830. The van der Waals surface area contributed by atoms with Gasteiger partial charge in [0.25, 0.3) is 0 Å². The van der Waals surface area contributed by atoms with Crippen LogP contribution in [0.5, 0.6) is 0 Å². The van der Waals surface area contributed by atoms with Crippen molar-refractivity contribution in [3.8, 4) is 0 Å². The van der Waals surface area contributed by atoms with E-state index in [9.17, 15) is 4.79 Å². The Morgan fingerprint density at radius 3 is 2.76 bits per heavy atom. The van der Waals surface area contributed by atoms with E-state index >= 15 is 0 Å². The Bertz CT molecular complexity index is 280. The van der Waals surface area contributed by atoms with Crippen molar-refractivity contribution < 1.29 is 4.79 Å². The standard InChI is InChI=1S/C14H24N2O/c1-16-9-7-13(8-10-16)14(17)15-11-12-5-3-2-4-6-12/h3,5,12-13H,2,4,6-11H2,1H3,(H,15,17). The second-order valence-electron chi connectivity index (χ2n) is 5.44. The molecule has 1 atom stereocenters. The van der Waals surface area contributed by atoms with Gasteiger partial charge < -0.3 is 10.2 Å². The van der Waals surface area contributed by atoms with Gasteiger partial charge in [0, 0.05) is 12.5 Å². The first kappa shape index (κ1) is 12.6. The molecule has 17 heavy (non-hydrogen) atoms. The lowest BCUT2D eigenvalue weighted by atomic mass is 9.94. The summed E-state index contributed by atoms with van der Waals surface area (Å²) in [7, 11) is 2.13. The number of carbonyl (C=O) groups excluding carboxylic acids is 1. The zero-order chi connectivity index (χ0) is 12.1. The second kappa shape index (κ2) is 6.20. The van der Waals surface area contributed by atoms with Crippen molar-refractivity contribution >= 4 is 5.91 Å². The molecule has 0 aromatic heterocycles. The van der Waals surface area contributed by atoms with Gasteiger partial charge in [-0.25, -0.2) is 0 Å². The van der Waals surface area contributed by atoms with E-state index in [0.717, 1.165) is 32.5 Å². The van der Waals surface area contributed by atoms with Crippen LogP contribution >= 0.6 is 0 Å². The van der Waals surface area contributed by atoms with E-state index in [-0.39, 0.29) is 11.8 Å². The van der Waals surface area contributed by atoms with E-state index in [1.54, 1.807) is 0 Å². The summed E-state index contributed by atoms with van der Waals surface area (Å²) >= 11 is 0. The molecule has 2 rings (SSSR count). The smallest absolute Gasteiger partial charge is 0.223 e. The highest BCUT2D eigenvalue weighted by molar-refractivity contribution is 5.78. The fraction of sp³-hybridized carbons (Fsp3) is 0.786. The average molecular weight is 236 g/mol. The van der Waals surface area contributed by atoms with E-state index in [1.165, 1.54) is 19.3 Å². The summed E-state index contributed by atoms with van der Waals surface area (Å²) in [6.07, 6.45) is 10.2. The summed E-state index contributed by atoms with van der Waals surface area (Å²) in [5.74, 6) is 1.09. The lowest BCUT2D eigenvalue weighted by Gasteiger charge is -2.28. The first-order valence-electron chi connectivity index (χ1n) is 6.88. The Morgan fingerprint density at radius 1 is 1.35 bits per heavy atom. The van der Waals surface area contributed by atoms with Crippen molar-refractivity contribution in [3.05, 3.63) is 12.2 Å². The molecule has 1 fully saturated rings. The maximum atomic E-state index is 12.0. The number of likely N-dealkylation sites (tertiary alicyclic amines) is 1. The SMILES string of the molecule is CN1CCC(C(=O)NCC2C=CCCC2)CC1. The van der Waals surface area contributed by atoms with Crippen molar-refractivity contribution in [2.24, 2.45) is 11.8 Å². The van der Waals surface area contributed by atoms with Crippen LogP contribution in [-0.2, 0) is 4.79 Å². The molecule has 0 saturated carbocycles. The number of nitrogens with one attached hydrogen (secondary N) is 1. The third-order valence-electron chi connectivity index (χ3n) is 3.98. The van der Waals surface area contributed by atoms with Gasteiger partial charge in [0.1, 0.15) is 0 Å². The lowest BCUT2D eigenvalue weighted by molar-refractivity contribution is -0.126. The maximum Gasteiger partial charge on any atom is 0.223 e. The summed E-state index contributed by atoms with van der Waals surface area (Å²) in [5.41, 5.74) is 0. The Morgan fingerprint density at radius 2 is 2.12 bits per heavy atom. The van der Waals surface area contributed by atoms with E-state index < -0.39 is 0 Å². The summed E-state index contributed by atoms with van der Waals surface area (Å²) in [6.45, 7) is 2.95. The Kier molecular flexibility index (Phi) is 4.60. The first-order chi connectivity index (χ1) is 8.25. The fourth-order valence-corrected chi connectivity index (χ4v) is 2.70. The van der Waals surface area contributed by atoms with Crippen molar-refractivity contribution in [2.75, 3.05) is 26.7 Å². The van der Waals surface area contributed by atoms with Gasteiger partial charge in [-0.15, -0.1) is 0 Å². The number of hydrogen-bond acceptors (Lipinski definition) is 2. The van der Waals surface area contributed by atoms with Crippen LogP contribution in [0.2, 0.25) is 0 Å². The molecule has 1 aliphatic carbocycles. The summed E-state index contributed by atoms with van der Waals surface area (Å²) < 4.78 is 0. The minimum atomic E-state index is 0.249. The molecule has 0 bridgehead atoms. The number of hydrogen-bond donors (Lipinski definition) is 1. The molecule has 1 heterocycles. The summed E-state index contributed by atoms with van der Waals surface area (Å²) in [6, 6.07) is 0. The minimum Gasteiger partial charge on any atom is -0.355 e. The Labute approximate surface area is 104 Å². The first-order valence-corrected chi connectivity index (χ1v) is 6.88. The largest absolute Gasteiger partial charge is 0.355 e. The van der Waals surface area contributed by atoms with Crippen molar-refractivity contribution in [3.63, 3.8) is 0 Å². The van der Waals surface area contributed by atoms with Gasteiger partial charge in [-0.1, -0.05) is 12.2 Å². The van der Waals surface area contributed by atoms with Gasteiger partial charge in [-0.3, -0.25) is 4.79 Å². The van der Waals surface area contributed by atoms with Crippen LogP contribution in [0.4, 0.5) is 0 Å². The van der Waals surface area contributed by atoms with E-state index in [4.69, 9.17) is 0 Å². The molecule has 0 aromatic carbocycles. The van der Waals surface area contributed by atoms with Crippen molar-refractivity contribution in [2.45, 2.75) is 32.1 Å². The fourth-order valence-electron chi connectivity index (χ4n) is 2.70. The van der Waals surface area contributed by atoms with Crippen LogP contribution in [-0.4, -0.2) is 37.5 Å². The van der Waals surface area contributed by atoms with E-state index in [0.29, 0.717) is 5.92 Å². The summed E-state index contributed by atoms with van der Waals surface area (Å²) in [4.78, 5) is 14.3. The maximum absolute atomic E-state index is 12.0. The molecule has 1 amide bonds. The third-order valence-corrected chi connectivity index (χ3v) is 3.98. The molecule has 0 aromatic rings. The van der Waals surface area contributed by atoms with Crippen molar-refractivity contribution in [1.29, 1.82) is 0 Å². The summed E-state index contributed by atoms with van der Waals surface area (Å²) in [5, 5.41) is 3.13. The predicted molar refractivity (Wildman–Crippen MR) is 69.7 cm³/mol. The van der Waals surface area contributed by atoms with Crippen LogP contribution in [0.15, 0.2) is 12.2 Å². The van der Waals surface area contributed by atoms with Gasteiger partial charge in [0.05, 0.1) is 0 Å². The van der Waals surface area contributed by atoms with Gasteiger partial charge in [0.2, 0.25) is 5.91 Å². The monoisotopic (exact) mass is 236 g/mol. The van der Waals surface area contributed by atoms with Crippen LogP contribution in [0.1, 0.15) is 32.1 Å². The van der Waals surface area contributed by atoms with Gasteiger partial charge in [-0.2, -0.15) is 0 Å². The lowest BCUT2D eigenvalue weighted by Crippen LogP contribution is -2.40. The minimum absolute atomic E-state index is 0.249. The normalized spacial score (nSPS) is 27.0. The molecule has 2 aliphatic rings. The molecule has 1 N–H and O–H groups in total. The highest BCUT2D eigenvalue weighted by Gasteiger charge is 2.23. The molecule has 0 radical (unpaired) electrons. The van der Waals surface area contributed by atoms with Crippen molar-refractivity contribution in [1.82, 2.24) is 10.2 Å². The highest BCUT2D eigenvalue weighted by Crippen LogP contribution is 2.18. The molecule has 96 valence electrons. The van der Waals surface area contributed by atoms with Crippen LogP contribution in [0.25, 0.3) is 0 Å². The molecule has 1 saturated heterocycles. The number of carbonyl (C=O) groups is 1. The third kappa shape index (κ3) is 3.84. The molecule has 1 aliphatic heterocycles. The van der Waals surface area contributed by atoms with Crippen LogP contribution < -0.4 is 5.32 Å². The highest BCUT2D eigenvalue weighted by atomic mass is 16.1. The second-order valence-corrected chi connectivity index (χ2v) is 5.44. The predicted octanol–water partition coefficient (Wildman–Crippen LogP) is 1.80. The van der Waals surface area contributed by atoms with Gasteiger partial charge >= 0.3 is 0 Å². The van der Waals surface area contributed by atoms with Crippen LogP contribution in [0, 0.1) is 11.8 Å². The zero-order valence-corrected chi connectivity index (χ0v) is 10.8. The molecule has 3 nitrogen and oxygen atoms in total. The number of amides is 1. The number of rotatable bonds is 3. The molecule has 3 heteroatoms. The van der Waals surface area contributed by atoms with Crippen LogP contribution in [0.3, 0.4) is 0 Å². The molecular formula is C14H24N2O. The number of nitrogens with zero attached hydrogens (tertiary/aromatic N) is 1. The number of piperidine rings is 1. The molecular weight excluding hydrogens is 212 g/mol. The molecule has 0 spiro atoms. The van der Waals surface area contributed by atoms with E-state index in [1.807, 2.05) is 0 Å².